The van der Waals surface area contributed by atoms with Gasteiger partial charge in [0.2, 0.25) is 5.95 Å². The van der Waals surface area contributed by atoms with Crippen LogP contribution in [0.5, 0.6) is 0 Å². The van der Waals surface area contributed by atoms with Gasteiger partial charge in [-0.2, -0.15) is 0 Å². The molecule has 0 bridgehead atoms. The van der Waals surface area contributed by atoms with Crippen LogP contribution in [0.4, 0.5) is 20.4 Å². The Labute approximate surface area is 200 Å². The summed E-state index contributed by atoms with van der Waals surface area (Å²) >= 11 is 6.15. The van der Waals surface area contributed by atoms with Crippen LogP contribution in [-0.4, -0.2) is 30.7 Å². The van der Waals surface area contributed by atoms with E-state index in [-0.39, 0.29) is 23.0 Å². The zero-order valence-electron chi connectivity index (χ0n) is 18.1. The molecule has 0 atom stereocenters. The van der Waals surface area contributed by atoms with Gasteiger partial charge < -0.3 is 15.0 Å². The second-order valence-corrected chi connectivity index (χ2v) is 8.74. The van der Waals surface area contributed by atoms with Crippen LogP contribution in [0, 0.1) is 11.6 Å². The molecule has 1 fully saturated rings. The number of aliphatic hydroxyl groups excluding tert-OH is 1. The number of hydrogen-bond donors (Lipinski definition) is 2. The van der Waals surface area contributed by atoms with Crippen molar-refractivity contribution in [2.45, 2.75) is 37.8 Å². The molecule has 0 radical (unpaired) electrons. The highest BCUT2D eigenvalue weighted by molar-refractivity contribution is 6.33. The van der Waals surface area contributed by atoms with Crippen LogP contribution in [0.2, 0.25) is 5.02 Å². The van der Waals surface area contributed by atoms with Crippen molar-refractivity contribution in [2.24, 2.45) is 0 Å². The SMILES string of the molecule is O[C@H]1CC[C@@H](n2cnc(-c3ccc(F)cc3)c2-c2ccnc(Nc3ccc(F)cc3Cl)n2)CC1. The molecule has 9 heteroatoms. The largest absolute Gasteiger partial charge is 0.393 e. The lowest BCUT2D eigenvalue weighted by atomic mass is 9.92. The fourth-order valence-corrected chi connectivity index (χ4v) is 4.52. The lowest BCUT2D eigenvalue weighted by Crippen LogP contribution is -2.21. The number of anilines is 2. The van der Waals surface area contributed by atoms with Crippen molar-refractivity contribution in [1.82, 2.24) is 19.5 Å². The van der Waals surface area contributed by atoms with E-state index in [1.165, 1.54) is 30.3 Å². The molecule has 1 aliphatic rings. The average molecular weight is 482 g/mol. The van der Waals surface area contributed by atoms with E-state index in [1.54, 1.807) is 30.7 Å². The molecule has 174 valence electrons. The number of nitrogens with one attached hydrogen (secondary N) is 1. The molecule has 1 aliphatic carbocycles. The summed E-state index contributed by atoms with van der Waals surface area (Å²) in [4.78, 5) is 13.6. The zero-order chi connectivity index (χ0) is 23.7. The fraction of sp³-hybridized carbons (Fsp3) is 0.240. The summed E-state index contributed by atoms with van der Waals surface area (Å²) in [6.07, 6.45) is 6.18. The van der Waals surface area contributed by atoms with Gasteiger partial charge in [0.05, 0.1) is 40.2 Å². The first kappa shape index (κ1) is 22.4. The molecule has 2 heterocycles. The fourth-order valence-electron chi connectivity index (χ4n) is 4.31. The van der Waals surface area contributed by atoms with Gasteiger partial charge in [0.15, 0.2) is 0 Å². The summed E-state index contributed by atoms with van der Waals surface area (Å²) in [7, 11) is 0. The minimum absolute atomic E-state index is 0.151. The molecule has 34 heavy (non-hydrogen) atoms. The third kappa shape index (κ3) is 4.64. The van der Waals surface area contributed by atoms with Crippen molar-refractivity contribution in [2.75, 3.05) is 5.32 Å². The smallest absolute Gasteiger partial charge is 0.227 e. The first-order valence-corrected chi connectivity index (χ1v) is 11.4. The molecule has 2 aromatic heterocycles. The summed E-state index contributed by atoms with van der Waals surface area (Å²) in [6.45, 7) is 0. The van der Waals surface area contributed by atoms with Crippen LogP contribution in [-0.2, 0) is 0 Å². The Kier molecular flexibility index (Phi) is 6.26. The zero-order valence-corrected chi connectivity index (χ0v) is 18.9. The quantitative estimate of drug-likeness (QED) is 0.357. The predicted molar refractivity (Wildman–Crippen MR) is 127 cm³/mol. The Bertz CT molecular complexity index is 1300. The first-order chi connectivity index (χ1) is 16.5. The maximum Gasteiger partial charge on any atom is 0.227 e. The van der Waals surface area contributed by atoms with Gasteiger partial charge in [-0.25, -0.2) is 23.7 Å². The normalized spacial score (nSPS) is 18.1. The van der Waals surface area contributed by atoms with Gasteiger partial charge in [-0.05, 0) is 74.2 Å². The lowest BCUT2D eigenvalue weighted by molar-refractivity contribution is 0.111. The van der Waals surface area contributed by atoms with E-state index < -0.39 is 5.82 Å². The van der Waals surface area contributed by atoms with Crippen molar-refractivity contribution >= 4 is 23.2 Å². The molecule has 1 saturated carbocycles. The van der Waals surface area contributed by atoms with Gasteiger partial charge in [-0.3, -0.25) is 0 Å². The molecule has 5 rings (SSSR count). The van der Waals surface area contributed by atoms with E-state index in [9.17, 15) is 13.9 Å². The summed E-state index contributed by atoms with van der Waals surface area (Å²) in [5, 5.41) is 13.2. The monoisotopic (exact) mass is 481 g/mol. The van der Waals surface area contributed by atoms with Crippen molar-refractivity contribution in [3.05, 3.63) is 77.7 Å². The summed E-state index contributed by atoms with van der Waals surface area (Å²) in [6, 6.07) is 12.2. The number of nitrogens with zero attached hydrogens (tertiary/aromatic N) is 4. The third-order valence-electron chi connectivity index (χ3n) is 6.05. The molecule has 2 aromatic carbocycles. The Morgan fingerprint density at radius 2 is 1.68 bits per heavy atom. The molecule has 6 nitrogen and oxygen atoms in total. The second kappa shape index (κ2) is 9.48. The van der Waals surface area contributed by atoms with Gasteiger partial charge in [-0.1, -0.05) is 11.6 Å². The average Bonchev–Trinajstić information content (AvgIpc) is 3.27. The van der Waals surface area contributed by atoms with E-state index in [2.05, 4.69) is 24.8 Å². The molecule has 0 saturated heterocycles. The number of imidazole rings is 1. The summed E-state index contributed by atoms with van der Waals surface area (Å²) in [5.74, 6) is -0.464. The molecule has 2 N–H and O–H groups in total. The van der Waals surface area contributed by atoms with Gasteiger partial charge >= 0.3 is 0 Å². The Hall–Kier alpha value is -3.36. The lowest BCUT2D eigenvalue weighted by Gasteiger charge is -2.28. The van der Waals surface area contributed by atoms with Crippen LogP contribution >= 0.6 is 11.6 Å². The number of halogens is 3. The molecular formula is C25H22ClF2N5O. The second-order valence-electron chi connectivity index (χ2n) is 8.33. The van der Waals surface area contributed by atoms with Gasteiger partial charge in [0.1, 0.15) is 11.6 Å². The van der Waals surface area contributed by atoms with Crippen LogP contribution < -0.4 is 5.32 Å². The molecule has 0 amide bonds. The molecule has 0 unspecified atom stereocenters. The Balaban J connectivity index is 1.56. The van der Waals surface area contributed by atoms with Crippen molar-refractivity contribution in [3.8, 4) is 22.6 Å². The maximum absolute atomic E-state index is 13.6. The van der Waals surface area contributed by atoms with Gasteiger partial charge in [0.25, 0.3) is 0 Å². The summed E-state index contributed by atoms with van der Waals surface area (Å²) < 4.78 is 29.1. The predicted octanol–water partition coefficient (Wildman–Crippen LogP) is 6.16. The Morgan fingerprint density at radius 1 is 0.941 bits per heavy atom. The van der Waals surface area contributed by atoms with Gasteiger partial charge in [-0.15, -0.1) is 0 Å². The van der Waals surface area contributed by atoms with E-state index in [1.807, 2.05) is 0 Å². The number of aliphatic hydroxyl groups is 1. The number of aromatic nitrogens is 4. The molecule has 0 aliphatic heterocycles. The maximum atomic E-state index is 13.6. The standard InChI is InChI=1S/C25H22ClF2N5O/c26-20-13-17(28)5-10-21(20)31-25-29-12-11-22(32-25)24-23(15-1-3-16(27)4-2-15)30-14-33(24)18-6-8-19(34)9-7-18/h1-5,10-14,18-19,34H,6-9H2,(H,29,31,32)/t18-,19+. The van der Waals surface area contributed by atoms with Gasteiger partial charge in [0, 0.05) is 17.8 Å². The molecule has 0 spiro atoms. The van der Waals surface area contributed by atoms with E-state index in [4.69, 9.17) is 11.6 Å². The van der Waals surface area contributed by atoms with Crippen LogP contribution in [0.25, 0.3) is 22.6 Å². The minimum Gasteiger partial charge on any atom is -0.393 e. The van der Waals surface area contributed by atoms with Crippen LogP contribution in [0.15, 0.2) is 61.1 Å². The minimum atomic E-state index is -0.435. The van der Waals surface area contributed by atoms with E-state index >= 15 is 0 Å². The molecule has 4 aromatic rings. The number of rotatable bonds is 5. The van der Waals surface area contributed by atoms with Crippen molar-refractivity contribution in [1.29, 1.82) is 0 Å². The highest BCUT2D eigenvalue weighted by atomic mass is 35.5. The topological polar surface area (TPSA) is 75.9 Å². The highest BCUT2D eigenvalue weighted by Crippen LogP contribution is 2.37. The number of benzene rings is 2. The first-order valence-electron chi connectivity index (χ1n) is 11.0. The van der Waals surface area contributed by atoms with E-state index in [0.717, 1.165) is 24.1 Å². The highest BCUT2D eigenvalue weighted by Gasteiger charge is 2.26. The van der Waals surface area contributed by atoms with Crippen molar-refractivity contribution in [3.63, 3.8) is 0 Å². The number of hydrogen-bond acceptors (Lipinski definition) is 5. The summed E-state index contributed by atoms with van der Waals surface area (Å²) in [5.41, 5.74) is 3.33. The molecular weight excluding hydrogens is 460 g/mol. The van der Waals surface area contributed by atoms with Crippen LogP contribution in [0.1, 0.15) is 31.7 Å². The van der Waals surface area contributed by atoms with Crippen molar-refractivity contribution < 1.29 is 13.9 Å². The third-order valence-corrected chi connectivity index (χ3v) is 6.36. The van der Waals surface area contributed by atoms with E-state index in [0.29, 0.717) is 35.9 Å². The Morgan fingerprint density at radius 3 is 2.41 bits per heavy atom. The van der Waals surface area contributed by atoms with Crippen LogP contribution in [0.3, 0.4) is 0 Å².